The van der Waals surface area contributed by atoms with Crippen LogP contribution in [0.15, 0.2) is 36.4 Å². The molecule has 1 amide bonds. The number of carbonyl (C=O) groups excluding carboxylic acids is 3. The zero-order valence-electron chi connectivity index (χ0n) is 26.5. The smallest absolute Gasteiger partial charge is 0.416 e. The van der Waals surface area contributed by atoms with E-state index in [1.165, 1.54) is 26.0 Å². The SMILES string of the molecule is CC(=O)Oc1ccc2c3c1O[C@H]1[C@H](N(CC(C)C)C(=O)C#Cc4ccc(C(F)(F)F)cc4)CC[C@@]4(OC(C)=O)[C@@H](C2)N(C)CC[C@]314. The van der Waals surface area contributed by atoms with Crippen LogP contribution in [0.2, 0.25) is 0 Å². The molecule has 0 unspecified atom stereocenters. The number of rotatable bonds is 5. The van der Waals surface area contributed by atoms with Crippen LogP contribution in [0.3, 0.4) is 0 Å². The third kappa shape index (κ3) is 5.02. The monoisotopic (exact) mass is 638 g/mol. The van der Waals surface area contributed by atoms with E-state index in [0.717, 1.165) is 23.3 Å². The fourth-order valence-corrected chi connectivity index (χ4v) is 8.41. The maximum Gasteiger partial charge on any atom is 0.416 e. The van der Waals surface area contributed by atoms with Crippen molar-refractivity contribution in [3.8, 4) is 23.3 Å². The fraction of sp³-hybridized carbons (Fsp3) is 0.514. The number of alkyl halides is 3. The molecular weight excluding hydrogens is 601 g/mol. The molecule has 1 saturated carbocycles. The lowest BCUT2D eigenvalue weighted by Crippen LogP contribution is -2.79. The van der Waals surface area contributed by atoms with E-state index < -0.39 is 52.7 Å². The number of nitrogens with zero attached hydrogens (tertiary/aromatic N) is 2. The van der Waals surface area contributed by atoms with Crippen LogP contribution in [0.4, 0.5) is 13.2 Å². The number of hydrogen-bond acceptors (Lipinski definition) is 7. The average Bonchev–Trinajstić information content (AvgIpc) is 3.33. The summed E-state index contributed by atoms with van der Waals surface area (Å²) in [5.41, 5.74) is -0.380. The van der Waals surface area contributed by atoms with Crippen molar-refractivity contribution in [3.63, 3.8) is 0 Å². The number of amides is 1. The van der Waals surface area contributed by atoms with Gasteiger partial charge >= 0.3 is 18.1 Å². The van der Waals surface area contributed by atoms with Gasteiger partial charge in [-0.1, -0.05) is 25.8 Å². The minimum absolute atomic E-state index is 0.0574. The van der Waals surface area contributed by atoms with Gasteiger partial charge in [0.25, 0.3) is 5.91 Å². The van der Waals surface area contributed by atoms with Crippen molar-refractivity contribution >= 4 is 17.8 Å². The van der Waals surface area contributed by atoms with E-state index >= 15 is 0 Å². The molecule has 1 saturated heterocycles. The Morgan fingerprint density at radius 1 is 1.09 bits per heavy atom. The van der Waals surface area contributed by atoms with E-state index in [4.69, 9.17) is 14.2 Å². The predicted octanol–water partition coefficient (Wildman–Crippen LogP) is 4.89. The Labute approximate surface area is 266 Å². The first-order valence-electron chi connectivity index (χ1n) is 15.6. The highest BCUT2D eigenvalue weighted by molar-refractivity contribution is 5.94. The largest absolute Gasteiger partial charge is 0.483 e. The fourth-order valence-electron chi connectivity index (χ4n) is 8.41. The number of ether oxygens (including phenoxy) is 3. The first kappa shape index (κ1) is 31.9. The minimum Gasteiger partial charge on any atom is -0.483 e. The Hall–Kier alpha value is -4.04. The summed E-state index contributed by atoms with van der Waals surface area (Å²) in [6, 6.07) is 7.45. The van der Waals surface area contributed by atoms with Crippen LogP contribution in [0.1, 0.15) is 69.2 Å². The standard InChI is InChI=1S/C35H37F3N2O6/c1-20(2)19-40(29(43)13-8-23-6-10-25(11-7-23)35(36,37)38)26-14-15-34(46-22(4)42)28-18-24-9-12-27(44-21(3)41)31-30(24)33(34,32(26)45-31)16-17-39(28)5/h6-7,9-12,20,26,28,32H,14-19H2,1-5H3/t26-,28-,32+,33+,34-/m1/s1. The second-order valence-electron chi connectivity index (χ2n) is 13.2. The van der Waals surface area contributed by atoms with E-state index in [1.54, 1.807) is 11.0 Å². The highest BCUT2D eigenvalue weighted by Gasteiger charge is 2.75. The lowest BCUT2D eigenvalue weighted by Gasteiger charge is -2.65. The molecule has 2 fully saturated rings. The average molecular weight is 639 g/mol. The molecule has 0 N–H and O–H groups in total. The molecule has 2 heterocycles. The van der Waals surface area contributed by atoms with Gasteiger partial charge in [0.15, 0.2) is 11.5 Å². The number of likely N-dealkylation sites (N-methyl/N-ethyl adjacent to an activating group) is 1. The van der Waals surface area contributed by atoms with Crippen molar-refractivity contribution in [1.29, 1.82) is 0 Å². The second kappa shape index (κ2) is 11.3. The number of benzene rings is 2. The summed E-state index contributed by atoms with van der Waals surface area (Å²) >= 11 is 0. The van der Waals surface area contributed by atoms with Crippen molar-refractivity contribution in [3.05, 3.63) is 58.7 Å². The van der Waals surface area contributed by atoms with Gasteiger partial charge in [0.05, 0.1) is 23.1 Å². The van der Waals surface area contributed by atoms with Crippen molar-refractivity contribution in [2.45, 2.75) is 88.8 Å². The lowest BCUT2D eigenvalue weighted by molar-refractivity contribution is -0.221. The van der Waals surface area contributed by atoms with E-state index in [2.05, 4.69) is 16.7 Å². The molecule has 2 aromatic carbocycles. The molecular formula is C35H37F3N2O6. The van der Waals surface area contributed by atoms with Crippen molar-refractivity contribution in [1.82, 2.24) is 9.80 Å². The molecule has 5 atom stereocenters. The van der Waals surface area contributed by atoms with Gasteiger partial charge in [-0.3, -0.25) is 19.3 Å². The van der Waals surface area contributed by atoms with Gasteiger partial charge in [0.1, 0.15) is 11.7 Å². The lowest BCUT2D eigenvalue weighted by atomic mass is 9.48. The van der Waals surface area contributed by atoms with Gasteiger partial charge in [-0.2, -0.15) is 13.2 Å². The Kier molecular flexibility index (Phi) is 7.87. The zero-order chi connectivity index (χ0) is 33.2. The van der Waals surface area contributed by atoms with Crippen molar-refractivity contribution in [2.24, 2.45) is 5.92 Å². The Balaban J connectivity index is 1.45. The third-order valence-corrected chi connectivity index (χ3v) is 9.97. The van der Waals surface area contributed by atoms with Crippen LogP contribution in [0.25, 0.3) is 0 Å². The topological polar surface area (TPSA) is 85.4 Å². The molecule has 2 bridgehead atoms. The minimum atomic E-state index is -4.47. The van der Waals surface area contributed by atoms with Crippen molar-refractivity contribution in [2.75, 3.05) is 20.1 Å². The predicted molar refractivity (Wildman–Crippen MR) is 161 cm³/mol. The van der Waals surface area contributed by atoms with E-state index in [9.17, 15) is 27.6 Å². The van der Waals surface area contributed by atoms with Crippen LogP contribution in [-0.2, 0) is 37.1 Å². The van der Waals surface area contributed by atoms with Crippen LogP contribution >= 0.6 is 0 Å². The Morgan fingerprint density at radius 3 is 2.43 bits per heavy atom. The molecule has 46 heavy (non-hydrogen) atoms. The van der Waals surface area contributed by atoms with Crippen LogP contribution < -0.4 is 9.47 Å². The van der Waals surface area contributed by atoms with Gasteiger partial charge in [0, 0.05) is 37.4 Å². The molecule has 4 aliphatic rings. The van der Waals surface area contributed by atoms with E-state index in [0.29, 0.717) is 44.5 Å². The summed E-state index contributed by atoms with van der Waals surface area (Å²) in [5, 5.41) is 0. The normalized spacial score (nSPS) is 27.5. The summed E-state index contributed by atoms with van der Waals surface area (Å²) in [6.07, 6.45) is -3.00. The maximum atomic E-state index is 13.9. The molecule has 6 rings (SSSR count). The van der Waals surface area contributed by atoms with Crippen LogP contribution in [0, 0.1) is 17.8 Å². The summed E-state index contributed by atoms with van der Waals surface area (Å²) in [4.78, 5) is 42.8. The van der Waals surface area contributed by atoms with Crippen molar-refractivity contribution < 1.29 is 41.8 Å². The number of hydrogen-bond donors (Lipinski definition) is 0. The number of likely N-dealkylation sites (tertiary alicyclic amines) is 1. The summed E-state index contributed by atoms with van der Waals surface area (Å²) in [6.45, 7) is 7.76. The van der Waals surface area contributed by atoms with Gasteiger partial charge in [0.2, 0.25) is 0 Å². The Bertz CT molecular complexity index is 1640. The van der Waals surface area contributed by atoms with Gasteiger partial charge in [-0.25, -0.2) is 0 Å². The first-order valence-corrected chi connectivity index (χ1v) is 15.6. The summed E-state index contributed by atoms with van der Waals surface area (Å²) in [5.74, 6) is 4.83. The highest BCUT2D eigenvalue weighted by Crippen LogP contribution is 2.67. The van der Waals surface area contributed by atoms with E-state index in [1.807, 2.05) is 27.0 Å². The molecule has 2 aromatic rings. The molecule has 11 heteroatoms. The van der Waals surface area contributed by atoms with Gasteiger partial charge in [-0.05, 0) is 81.1 Å². The molecule has 0 radical (unpaired) electrons. The Morgan fingerprint density at radius 2 is 1.80 bits per heavy atom. The van der Waals surface area contributed by atoms with Crippen LogP contribution in [-0.4, -0.2) is 71.6 Å². The highest BCUT2D eigenvalue weighted by atomic mass is 19.4. The molecule has 2 aliphatic heterocycles. The number of halogens is 3. The number of carbonyl (C=O) groups is 3. The number of esters is 2. The molecule has 2 aliphatic carbocycles. The maximum absolute atomic E-state index is 13.9. The quantitative estimate of drug-likeness (QED) is 0.262. The van der Waals surface area contributed by atoms with Gasteiger partial charge < -0.3 is 19.1 Å². The first-order chi connectivity index (χ1) is 21.7. The molecule has 8 nitrogen and oxygen atoms in total. The molecule has 0 aromatic heterocycles. The van der Waals surface area contributed by atoms with Gasteiger partial charge in [-0.15, -0.1) is 0 Å². The summed E-state index contributed by atoms with van der Waals surface area (Å²) < 4.78 is 58.1. The second-order valence-corrected chi connectivity index (χ2v) is 13.2. The molecule has 244 valence electrons. The zero-order valence-corrected chi connectivity index (χ0v) is 26.5. The van der Waals surface area contributed by atoms with E-state index in [-0.39, 0.29) is 23.3 Å². The number of piperidine rings is 1. The molecule has 1 spiro atoms. The third-order valence-electron chi connectivity index (χ3n) is 9.97. The van der Waals surface area contributed by atoms with Crippen LogP contribution in [0.5, 0.6) is 11.5 Å². The summed E-state index contributed by atoms with van der Waals surface area (Å²) in [7, 11) is 2.03.